The normalized spacial score (nSPS) is 19.9. The monoisotopic (exact) mass is 525 g/mol. The zero-order valence-corrected chi connectivity index (χ0v) is 20.7. The third kappa shape index (κ3) is 6.69. The van der Waals surface area contributed by atoms with E-state index in [1.807, 2.05) is 0 Å². The van der Waals surface area contributed by atoms with Crippen LogP contribution in [0.1, 0.15) is 62.8 Å². The predicted molar refractivity (Wildman–Crippen MR) is 124 cm³/mol. The van der Waals surface area contributed by atoms with Gasteiger partial charge in [-0.1, -0.05) is 5.21 Å². The Kier molecular flexibility index (Phi) is 7.88. The van der Waals surface area contributed by atoms with E-state index in [0.717, 1.165) is 31.4 Å². The third-order valence-electron chi connectivity index (χ3n) is 6.65. The molecule has 10 nitrogen and oxygen atoms in total. The first-order chi connectivity index (χ1) is 17.6. The standard InChI is InChI=1S/C24H30F3N5O5/c1-3-32(13-24(25,26)27)23(35)36-12-18-21(29-30-31(18)2)17-9-10-19(20(28-17)14-7-8-14)37-16-6-4-5-15(11-16)22(33)34/h9-10,14-16H,3-8,11-13H2,1-2H3,(H,33,34)/t15-,16-/m0/s1. The Hall–Kier alpha value is -3.38. The van der Waals surface area contributed by atoms with E-state index in [0.29, 0.717) is 40.6 Å². The van der Waals surface area contributed by atoms with Crippen molar-refractivity contribution in [3.63, 3.8) is 0 Å². The van der Waals surface area contributed by atoms with Crippen molar-refractivity contribution < 1.29 is 37.3 Å². The van der Waals surface area contributed by atoms with E-state index in [4.69, 9.17) is 14.5 Å². The Balaban J connectivity index is 1.50. The molecule has 2 aromatic rings. The van der Waals surface area contributed by atoms with Gasteiger partial charge in [-0.3, -0.25) is 9.69 Å². The number of carboxylic acid groups (broad SMARTS) is 1. The number of aryl methyl sites for hydroxylation is 1. The van der Waals surface area contributed by atoms with Crippen LogP contribution >= 0.6 is 0 Å². The van der Waals surface area contributed by atoms with Crippen molar-refractivity contribution in [3.05, 3.63) is 23.5 Å². The van der Waals surface area contributed by atoms with Crippen molar-refractivity contribution in [2.45, 2.75) is 70.3 Å². The quantitative estimate of drug-likeness (QED) is 0.515. The molecule has 37 heavy (non-hydrogen) atoms. The second-order valence-corrected chi connectivity index (χ2v) is 9.49. The van der Waals surface area contributed by atoms with Gasteiger partial charge in [-0.15, -0.1) is 5.10 Å². The van der Waals surface area contributed by atoms with E-state index in [1.165, 1.54) is 11.6 Å². The molecule has 2 heterocycles. The number of halogens is 3. The van der Waals surface area contributed by atoms with Gasteiger partial charge in [0.25, 0.3) is 0 Å². The number of carboxylic acids is 1. The molecule has 0 radical (unpaired) electrons. The molecular formula is C24H30F3N5O5. The molecule has 0 spiro atoms. The number of aliphatic carboxylic acids is 1. The summed E-state index contributed by atoms with van der Waals surface area (Å²) in [6, 6.07) is 3.49. The lowest BCUT2D eigenvalue weighted by atomic mass is 9.87. The summed E-state index contributed by atoms with van der Waals surface area (Å²) in [5.41, 5.74) is 1.97. The number of hydrogen-bond donors (Lipinski definition) is 1. The first-order valence-corrected chi connectivity index (χ1v) is 12.3. The number of amides is 1. The van der Waals surface area contributed by atoms with E-state index in [2.05, 4.69) is 10.3 Å². The minimum absolute atomic E-state index is 0.156. The van der Waals surface area contributed by atoms with Crippen LogP contribution in [0.25, 0.3) is 11.4 Å². The molecule has 4 rings (SSSR count). The molecule has 0 unspecified atom stereocenters. The molecule has 2 aromatic heterocycles. The average Bonchev–Trinajstić information content (AvgIpc) is 3.63. The van der Waals surface area contributed by atoms with Crippen molar-refractivity contribution >= 4 is 12.1 Å². The summed E-state index contributed by atoms with van der Waals surface area (Å²) in [6.07, 6.45) is -1.27. The lowest BCUT2D eigenvalue weighted by Crippen LogP contribution is -2.39. The fourth-order valence-corrected chi connectivity index (χ4v) is 4.48. The molecule has 1 amide bonds. The summed E-state index contributed by atoms with van der Waals surface area (Å²) >= 11 is 0. The smallest absolute Gasteiger partial charge is 0.410 e. The number of carbonyl (C=O) groups is 2. The average molecular weight is 526 g/mol. The maximum Gasteiger partial charge on any atom is 0.410 e. The van der Waals surface area contributed by atoms with Gasteiger partial charge in [0.2, 0.25) is 0 Å². The largest absolute Gasteiger partial charge is 0.488 e. The molecule has 2 fully saturated rings. The molecule has 0 aliphatic heterocycles. The van der Waals surface area contributed by atoms with Crippen molar-refractivity contribution in [3.8, 4) is 17.1 Å². The lowest BCUT2D eigenvalue weighted by Gasteiger charge is -2.28. The second-order valence-electron chi connectivity index (χ2n) is 9.49. The highest BCUT2D eigenvalue weighted by molar-refractivity contribution is 5.70. The highest BCUT2D eigenvalue weighted by atomic mass is 19.4. The highest BCUT2D eigenvalue weighted by Gasteiger charge is 2.34. The van der Waals surface area contributed by atoms with Crippen LogP contribution in [0.3, 0.4) is 0 Å². The minimum Gasteiger partial charge on any atom is -0.488 e. The molecule has 1 N–H and O–H groups in total. The summed E-state index contributed by atoms with van der Waals surface area (Å²) in [5, 5.41) is 17.5. The molecule has 2 atom stereocenters. The van der Waals surface area contributed by atoms with Crippen LogP contribution < -0.4 is 4.74 Å². The van der Waals surface area contributed by atoms with Crippen LogP contribution in [0.4, 0.5) is 18.0 Å². The van der Waals surface area contributed by atoms with Crippen LogP contribution in [0.15, 0.2) is 12.1 Å². The number of rotatable bonds is 9. The van der Waals surface area contributed by atoms with Crippen LogP contribution in [0, 0.1) is 5.92 Å². The Morgan fingerprint density at radius 1 is 1.22 bits per heavy atom. The number of alkyl halides is 3. The Bertz CT molecular complexity index is 1130. The van der Waals surface area contributed by atoms with Gasteiger partial charge >= 0.3 is 18.2 Å². The predicted octanol–water partition coefficient (Wildman–Crippen LogP) is 4.30. The van der Waals surface area contributed by atoms with Crippen molar-refractivity contribution in [1.82, 2.24) is 24.9 Å². The van der Waals surface area contributed by atoms with Gasteiger partial charge in [0, 0.05) is 19.5 Å². The van der Waals surface area contributed by atoms with E-state index in [9.17, 15) is 27.9 Å². The maximum atomic E-state index is 12.7. The fraction of sp³-hybridized carbons (Fsp3) is 0.625. The van der Waals surface area contributed by atoms with Gasteiger partial charge in [-0.25, -0.2) is 14.5 Å². The number of aromatic nitrogens is 4. The molecule has 0 aromatic carbocycles. The minimum atomic E-state index is -4.53. The third-order valence-corrected chi connectivity index (χ3v) is 6.65. The number of nitrogens with zero attached hydrogens (tertiary/aromatic N) is 5. The number of pyridine rings is 1. The van der Waals surface area contributed by atoms with Gasteiger partial charge in [0.15, 0.2) is 0 Å². The van der Waals surface area contributed by atoms with Crippen LogP contribution in [-0.4, -0.2) is 67.4 Å². The van der Waals surface area contributed by atoms with Gasteiger partial charge in [-0.05, 0) is 57.6 Å². The first-order valence-electron chi connectivity index (χ1n) is 12.3. The van der Waals surface area contributed by atoms with E-state index >= 15 is 0 Å². The van der Waals surface area contributed by atoms with Gasteiger partial charge in [0.1, 0.15) is 30.3 Å². The fourth-order valence-electron chi connectivity index (χ4n) is 4.48. The zero-order valence-electron chi connectivity index (χ0n) is 20.7. The van der Waals surface area contributed by atoms with E-state index in [-0.39, 0.29) is 25.2 Å². The number of carbonyl (C=O) groups excluding carboxylic acids is 1. The zero-order chi connectivity index (χ0) is 26.7. The van der Waals surface area contributed by atoms with E-state index < -0.39 is 30.7 Å². The van der Waals surface area contributed by atoms with Crippen molar-refractivity contribution in [1.29, 1.82) is 0 Å². The summed E-state index contributed by atoms with van der Waals surface area (Å²) in [4.78, 5) is 29.0. The van der Waals surface area contributed by atoms with Crippen LogP contribution in [0.5, 0.6) is 5.75 Å². The molecule has 202 valence electrons. The van der Waals surface area contributed by atoms with Crippen LogP contribution in [-0.2, 0) is 23.2 Å². The van der Waals surface area contributed by atoms with E-state index in [1.54, 1.807) is 19.2 Å². The molecule has 2 saturated carbocycles. The highest BCUT2D eigenvalue weighted by Crippen LogP contribution is 2.45. The Morgan fingerprint density at radius 3 is 2.62 bits per heavy atom. The number of ether oxygens (including phenoxy) is 2. The van der Waals surface area contributed by atoms with Crippen molar-refractivity contribution in [2.75, 3.05) is 13.1 Å². The number of hydrogen-bond acceptors (Lipinski definition) is 7. The summed E-state index contributed by atoms with van der Waals surface area (Å²) in [7, 11) is 1.59. The topological polar surface area (TPSA) is 120 Å². The van der Waals surface area contributed by atoms with Gasteiger partial charge in [0.05, 0.1) is 23.4 Å². The van der Waals surface area contributed by atoms with Crippen molar-refractivity contribution in [2.24, 2.45) is 13.0 Å². The van der Waals surface area contributed by atoms with Crippen LogP contribution in [0.2, 0.25) is 0 Å². The molecule has 2 aliphatic carbocycles. The molecule has 0 bridgehead atoms. The molecular weight excluding hydrogens is 495 g/mol. The molecule has 2 aliphatic rings. The van der Waals surface area contributed by atoms with Gasteiger partial charge in [-0.2, -0.15) is 13.2 Å². The Morgan fingerprint density at radius 2 is 1.97 bits per heavy atom. The second kappa shape index (κ2) is 10.9. The summed E-state index contributed by atoms with van der Waals surface area (Å²) in [5.74, 6) is -0.391. The molecule has 13 heteroatoms. The Labute approximate surface area is 211 Å². The lowest BCUT2D eigenvalue weighted by molar-refractivity contribution is -0.144. The first kappa shape index (κ1) is 26.7. The SMILES string of the molecule is CCN(CC(F)(F)F)C(=O)OCc1c(-c2ccc(O[C@H]3CCC[C@H](C(=O)O)C3)c(C3CC3)n2)nnn1C. The summed E-state index contributed by atoms with van der Waals surface area (Å²) < 4.78 is 51.0. The maximum absolute atomic E-state index is 12.7. The van der Waals surface area contributed by atoms with Gasteiger partial charge < -0.3 is 14.6 Å². The molecule has 0 saturated heterocycles. The summed E-state index contributed by atoms with van der Waals surface area (Å²) in [6.45, 7) is -0.451.